The highest BCUT2D eigenvalue weighted by molar-refractivity contribution is 6.30. The lowest BCUT2D eigenvalue weighted by molar-refractivity contribution is 0.525. The number of benzene rings is 1. The molecule has 0 spiro atoms. The molecular formula is C15H20ClFN2. The summed E-state index contributed by atoms with van der Waals surface area (Å²) < 4.78 is 14.1. The molecule has 0 fully saturated rings. The van der Waals surface area contributed by atoms with Gasteiger partial charge in [0.2, 0.25) is 0 Å². The SMILES string of the molecule is NNC(/C1=C/CCCCCC1)c1cccc(Cl)c1F. The van der Waals surface area contributed by atoms with Gasteiger partial charge in [0.25, 0.3) is 0 Å². The maximum Gasteiger partial charge on any atom is 0.146 e. The first kappa shape index (κ1) is 14.5. The van der Waals surface area contributed by atoms with Crippen molar-refractivity contribution in [2.24, 2.45) is 5.84 Å². The second-order valence-electron chi connectivity index (χ2n) is 4.97. The van der Waals surface area contributed by atoms with Crippen molar-refractivity contribution in [3.63, 3.8) is 0 Å². The first-order valence-electron chi connectivity index (χ1n) is 6.83. The summed E-state index contributed by atoms with van der Waals surface area (Å²) in [5.41, 5.74) is 4.44. The van der Waals surface area contributed by atoms with E-state index in [0.29, 0.717) is 5.56 Å². The summed E-state index contributed by atoms with van der Waals surface area (Å²) in [5.74, 6) is 5.26. The summed E-state index contributed by atoms with van der Waals surface area (Å²) in [6.07, 6.45) is 9.02. The molecule has 2 rings (SSSR count). The van der Waals surface area contributed by atoms with E-state index in [4.69, 9.17) is 17.4 Å². The zero-order valence-electron chi connectivity index (χ0n) is 11.0. The van der Waals surface area contributed by atoms with Crippen LogP contribution in [0.1, 0.15) is 50.1 Å². The summed E-state index contributed by atoms with van der Waals surface area (Å²) in [7, 11) is 0. The van der Waals surface area contributed by atoms with Crippen molar-refractivity contribution in [2.45, 2.75) is 44.6 Å². The van der Waals surface area contributed by atoms with Crippen LogP contribution < -0.4 is 11.3 Å². The molecular weight excluding hydrogens is 263 g/mol. The molecule has 0 aromatic heterocycles. The molecule has 3 N–H and O–H groups in total. The largest absolute Gasteiger partial charge is 0.271 e. The Hall–Kier alpha value is -0.900. The number of nitrogens with one attached hydrogen (secondary N) is 1. The van der Waals surface area contributed by atoms with Gasteiger partial charge in [-0.05, 0) is 31.7 Å². The molecule has 1 aromatic carbocycles. The lowest BCUT2D eigenvalue weighted by Gasteiger charge is -2.22. The minimum atomic E-state index is -0.380. The van der Waals surface area contributed by atoms with Gasteiger partial charge in [0.05, 0.1) is 11.1 Å². The molecule has 0 radical (unpaired) electrons. The number of allylic oxidation sites excluding steroid dienone is 1. The standard InChI is InChI=1S/C15H20ClFN2/c16-13-10-6-9-12(14(13)17)15(19-18)11-7-4-2-1-3-5-8-11/h6-7,9-10,15,19H,1-5,8,18H2/b11-7+. The number of rotatable bonds is 3. The van der Waals surface area contributed by atoms with E-state index in [1.54, 1.807) is 18.2 Å². The van der Waals surface area contributed by atoms with E-state index in [-0.39, 0.29) is 16.9 Å². The molecule has 0 saturated heterocycles. The molecule has 0 heterocycles. The maximum atomic E-state index is 14.1. The molecule has 0 saturated carbocycles. The third kappa shape index (κ3) is 3.56. The molecule has 0 amide bonds. The van der Waals surface area contributed by atoms with Crippen LogP contribution in [-0.4, -0.2) is 0 Å². The minimum absolute atomic E-state index is 0.143. The number of halogens is 2. The highest BCUT2D eigenvalue weighted by Gasteiger charge is 2.20. The summed E-state index contributed by atoms with van der Waals surface area (Å²) in [5, 5.41) is 0.143. The Morgan fingerprint density at radius 1 is 1.21 bits per heavy atom. The zero-order valence-corrected chi connectivity index (χ0v) is 11.7. The summed E-state index contributed by atoms with van der Waals surface area (Å²) in [6.45, 7) is 0. The van der Waals surface area contributed by atoms with Crippen molar-refractivity contribution >= 4 is 11.6 Å². The average Bonchev–Trinajstić information content (AvgIpc) is 2.37. The molecule has 1 aromatic rings. The van der Waals surface area contributed by atoms with E-state index in [2.05, 4.69) is 11.5 Å². The lowest BCUT2D eigenvalue weighted by atomic mass is 9.91. The Kier molecular flexibility index (Phi) is 5.37. The van der Waals surface area contributed by atoms with E-state index >= 15 is 0 Å². The van der Waals surface area contributed by atoms with Crippen molar-refractivity contribution in [1.82, 2.24) is 5.43 Å². The van der Waals surface area contributed by atoms with E-state index < -0.39 is 0 Å². The topological polar surface area (TPSA) is 38.0 Å². The fourth-order valence-electron chi connectivity index (χ4n) is 2.62. The molecule has 0 aliphatic heterocycles. The predicted molar refractivity (Wildman–Crippen MR) is 77.3 cm³/mol. The third-order valence-electron chi connectivity index (χ3n) is 3.66. The molecule has 19 heavy (non-hydrogen) atoms. The summed E-state index contributed by atoms with van der Waals surface area (Å²) >= 11 is 5.85. The van der Waals surface area contributed by atoms with Crippen LogP contribution in [0, 0.1) is 5.82 Å². The van der Waals surface area contributed by atoms with Crippen LogP contribution in [0.4, 0.5) is 4.39 Å². The van der Waals surface area contributed by atoms with Crippen LogP contribution in [0.5, 0.6) is 0 Å². The normalized spacial score (nSPS) is 21.1. The molecule has 1 unspecified atom stereocenters. The van der Waals surface area contributed by atoms with Crippen molar-refractivity contribution in [3.8, 4) is 0 Å². The van der Waals surface area contributed by atoms with Crippen molar-refractivity contribution in [3.05, 3.63) is 46.3 Å². The van der Waals surface area contributed by atoms with Crippen LogP contribution >= 0.6 is 11.6 Å². The van der Waals surface area contributed by atoms with E-state index in [1.807, 2.05) is 0 Å². The molecule has 4 heteroatoms. The van der Waals surface area contributed by atoms with Crippen LogP contribution in [0.25, 0.3) is 0 Å². The number of hydrogen-bond acceptors (Lipinski definition) is 2. The van der Waals surface area contributed by atoms with Gasteiger partial charge in [-0.2, -0.15) is 0 Å². The second kappa shape index (κ2) is 7.04. The Morgan fingerprint density at radius 2 is 2.00 bits per heavy atom. The second-order valence-corrected chi connectivity index (χ2v) is 5.38. The van der Waals surface area contributed by atoms with Gasteiger partial charge in [-0.1, -0.05) is 48.2 Å². The van der Waals surface area contributed by atoms with Gasteiger partial charge in [0.1, 0.15) is 5.82 Å². The minimum Gasteiger partial charge on any atom is -0.271 e. The van der Waals surface area contributed by atoms with E-state index in [9.17, 15) is 4.39 Å². The lowest BCUT2D eigenvalue weighted by Crippen LogP contribution is -2.30. The molecule has 0 bridgehead atoms. The number of nitrogens with two attached hydrogens (primary N) is 1. The molecule has 1 aliphatic rings. The van der Waals surface area contributed by atoms with Crippen LogP contribution in [0.15, 0.2) is 29.8 Å². The molecule has 1 aliphatic carbocycles. The third-order valence-corrected chi connectivity index (χ3v) is 3.95. The predicted octanol–water partition coefficient (Wildman–Crippen LogP) is 4.26. The zero-order chi connectivity index (χ0) is 13.7. The Bertz CT molecular complexity index is 459. The Morgan fingerprint density at radius 3 is 2.79 bits per heavy atom. The van der Waals surface area contributed by atoms with Crippen molar-refractivity contribution in [1.29, 1.82) is 0 Å². The molecule has 2 nitrogen and oxygen atoms in total. The van der Waals surface area contributed by atoms with E-state index in [1.165, 1.54) is 24.8 Å². The Labute approximate surface area is 118 Å². The first-order chi connectivity index (χ1) is 9.24. The fraction of sp³-hybridized carbons (Fsp3) is 0.467. The maximum absolute atomic E-state index is 14.1. The number of hydrazine groups is 1. The van der Waals surface area contributed by atoms with Crippen LogP contribution in [0.2, 0.25) is 5.02 Å². The van der Waals surface area contributed by atoms with Gasteiger partial charge < -0.3 is 0 Å². The highest BCUT2D eigenvalue weighted by Crippen LogP contribution is 2.31. The quantitative estimate of drug-likeness (QED) is 0.494. The van der Waals surface area contributed by atoms with Gasteiger partial charge in [-0.3, -0.25) is 5.84 Å². The monoisotopic (exact) mass is 282 g/mol. The van der Waals surface area contributed by atoms with Gasteiger partial charge in [0.15, 0.2) is 0 Å². The van der Waals surface area contributed by atoms with Crippen LogP contribution in [-0.2, 0) is 0 Å². The van der Waals surface area contributed by atoms with E-state index in [0.717, 1.165) is 19.3 Å². The number of hydrogen-bond donors (Lipinski definition) is 2. The Balaban J connectivity index is 2.30. The van der Waals surface area contributed by atoms with Crippen LogP contribution in [0.3, 0.4) is 0 Å². The van der Waals surface area contributed by atoms with Crippen molar-refractivity contribution < 1.29 is 4.39 Å². The summed E-state index contributed by atoms with van der Waals surface area (Å²) in [4.78, 5) is 0. The fourth-order valence-corrected chi connectivity index (χ4v) is 2.80. The van der Waals surface area contributed by atoms with Gasteiger partial charge >= 0.3 is 0 Å². The van der Waals surface area contributed by atoms with Gasteiger partial charge in [-0.25, -0.2) is 9.82 Å². The summed E-state index contributed by atoms with van der Waals surface area (Å²) in [6, 6.07) is 4.78. The smallest absolute Gasteiger partial charge is 0.146 e. The average molecular weight is 283 g/mol. The van der Waals surface area contributed by atoms with Gasteiger partial charge in [0, 0.05) is 5.56 Å². The highest BCUT2D eigenvalue weighted by atomic mass is 35.5. The van der Waals surface area contributed by atoms with Gasteiger partial charge in [-0.15, -0.1) is 0 Å². The molecule has 1 atom stereocenters. The van der Waals surface area contributed by atoms with Crippen molar-refractivity contribution in [2.75, 3.05) is 0 Å². The first-order valence-corrected chi connectivity index (χ1v) is 7.21. The molecule has 104 valence electrons.